The lowest BCUT2D eigenvalue weighted by molar-refractivity contribution is -0.137. The summed E-state index contributed by atoms with van der Waals surface area (Å²) in [7, 11) is 2.08. The van der Waals surface area contributed by atoms with E-state index in [1.165, 1.54) is 0 Å². The Morgan fingerprint density at radius 1 is 0.939 bits per heavy atom. The van der Waals surface area contributed by atoms with Crippen molar-refractivity contribution >= 4 is 23.4 Å². The predicted octanol–water partition coefficient (Wildman–Crippen LogP) is 3.81. The van der Waals surface area contributed by atoms with E-state index >= 15 is 0 Å². The van der Waals surface area contributed by atoms with Gasteiger partial charge in [0.1, 0.15) is 5.75 Å². The van der Waals surface area contributed by atoms with Gasteiger partial charge in [0, 0.05) is 61.7 Å². The Balaban J connectivity index is 1.51. The maximum absolute atomic E-state index is 13.3. The number of hydrogen-bond donors (Lipinski definition) is 0. The van der Waals surface area contributed by atoms with Crippen molar-refractivity contribution in [1.82, 2.24) is 14.7 Å². The summed E-state index contributed by atoms with van der Waals surface area (Å²) in [6.45, 7) is 4.85. The maximum atomic E-state index is 13.3. The van der Waals surface area contributed by atoms with E-state index in [4.69, 9.17) is 16.3 Å². The molecule has 33 heavy (non-hydrogen) atoms. The number of likely N-dealkylation sites (tertiary alicyclic amines) is 1. The normalized spacial score (nSPS) is 21.6. The van der Waals surface area contributed by atoms with Gasteiger partial charge in [-0.2, -0.15) is 0 Å². The number of piperazine rings is 1. The fourth-order valence-corrected chi connectivity index (χ4v) is 4.84. The highest BCUT2D eigenvalue weighted by atomic mass is 35.5. The van der Waals surface area contributed by atoms with Crippen molar-refractivity contribution in [2.45, 2.75) is 19.3 Å². The minimum absolute atomic E-state index is 0.0122. The van der Waals surface area contributed by atoms with E-state index in [9.17, 15) is 9.59 Å². The van der Waals surface area contributed by atoms with Crippen molar-refractivity contribution in [3.05, 3.63) is 65.2 Å². The fraction of sp³-hybridized carbons (Fsp3) is 0.462. The maximum Gasteiger partial charge on any atom is 0.253 e. The Hall–Kier alpha value is -2.57. The lowest BCUT2D eigenvalue weighted by atomic mass is 9.77. The Morgan fingerprint density at radius 2 is 1.64 bits per heavy atom. The molecule has 0 aliphatic carbocycles. The zero-order valence-electron chi connectivity index (χ0n) is 19.2. The van der Waals surface area contributed by atoms with E-state index < -0.39 is 5.41 Å². The van der Waals surface area contributed by atoms with E-state index in [0.717, 1.165) is 44.8 Å². The number of benzene rings is 2. The van der Waals surface area contributed by atoms with E-state index in [1.807, 2.05) is 52.3 Å². The van der Waals surface area contributed by atoms with Crippen molar-refractivity contribution < 1.29 is 14.3 Å². The monoisotopic (exact) mass is 469 g/mol. The summed E-state index contributed by atoms with van der Waals surface area (Å²) in [4.78, 5) is 32.6. The van der Waals surface area contributed by atoms with Crippen LogP contribution in [0, 0.1) is 5.41 Å². The van der Waals surface area contributed by atoms with Crippen LogP contribution in [-0.2, 0) is 4.79 Å². The molecule has 2 fully saturated rings. The molecule has 2 aliphatic heterocycles. The summed E-state index contributed by atoms with van der Waals surface area (Å²) < 4.78 is 6.17. The van der Waals surface area contributed by atoms with Crippen LogP contribution in [0.1, 0.15) is 29.6 Å². The minimum Gasteiger partial charge on any atom is -0.493 e. The Labute approximate surface area is 201 Å². The van der Waals surface area contributed by atoms with Crippen LogP contribution in [0.25, 0.3) is 0 Å². The topological polar surface area (TPSA) is 53.1 Å². The van der Waals surface area contributed by atoms with Crippen LogP contribution in [-0.4, -0.2) is 79.4 Å². The minimum atomic E-state index is -0.428. The second kappa shape index (κ2) is 10.6. The van der Waals surface area contributed by atoms with Gasteiger partial charge in [-0.3, -0.25) is 9.59 Å². The molecule has 2 saturated heterocycles. The van der Waals surface area contributed by atoms with Crippen molar-refractivity contribution in [1.29, 1.82) is 0 Å². The van der Waals surface area contributed by atoms with Crippen LogP contribution in [0.3, 0.4) is 0 Å². The Bertz CT molecular complexity index is 945. The van der Waals surface area contributed by atoms with Crippen molar-refractivity contribution in [3.63, 3.8) is 0 Å². The molecule has 0 unspecified atom stereocenters. The molecule has 2 heterocycles. The zero-order chi connectivity index (χ0) is 23.3. The van der Waals surface area contributed by atoms with Gasteiger partial charge in [0.2, 0.25) is 5.91 Å². The Morgan fingerprint density at radius 3 is 2.33 bits per heavy atom. The highest BCUT2D eigenvalue weighted by Gasteiger charge is 2.41. The van der Waals surface area contributed by atoms with Crippen LogP contribution in [0.4, 0.5) is 0 Å². The van der Waals surface area contributed by atoms with Gasteiger partial charge >= 0.3 is 0 Å². The van der Waals surface area contributed by atoms with E-state index in [1.54, 1.807) is 12.1 Å². The molecule has 4 rings (SSSR count). The van der Waals surface area contributed by atoms with E-state index in [0.29, 0.717) is 36.7 Å². The fourth-order valence-electron chi connectivity index (χ4n) is 4.71. The predicted molar refractivity (Wildman–Crippen MR) is 130 cm³/mol. The van der Waals surface area contributed by atoms with E-state index in [-0.39, 0.29) is 11.8 Å². The summed E-state index contributed by atoms with van der Waals surface area (Å²) >= 11 is 6.01. The summed E-state index contributed by atoms with van der Waals surface area (Å²) in [6.07, 6.45) is 2.07. The van der Waals surface area contributed by atoms with Gasteiger partial charge in [-0.25, -0.2) is 0 Å². The molecule has 2 amide bonds. The van der Waals surface area contributed by atoms with Crippen molar-refractivity contribution in [3.8, 4) is 5.75 Å². The van der Waals surface area contributed by atoms with Gasteiger partial charge < -0.3 is 19.4 Å². The van der Waals surface area contributed by atoms with Gasteiger partial charge in [-0.1, -0.05) is 29.8 Å². The summed E-state index contributed by atoms with van der Waals surface area (Å²) in [5, 5.41) is 0.652. The quantitative estimate of drug-likeness (QED) is 0.645. The standard InChI is InChI=1S/C26H32ClN3O3/c1-28-14-16-29(17-15-28)24(31)18-26(20-33-23-10-8-22(27)9-11-23)12-5-13-30(19-26)25(32)21-6-3-2-4-7-21/h2-4,6-11H,5,12-20H2,1H3/t26-/m1/s1. The number of ether oxygens (including phenoxy) is 1. The third-order valence-electron chi connectivity index (χ3n) is 6.71. The SMILES string of the molecule is CN1CCN(C(=O)C[C@]2(COc3ccc(Cl)cc3)CCCN(C(=O)c3ccccc3)C2)CC1. The molecule has 0 saturated carbocycles. The molecule has 7 heteroatoms. The molecule has 2 aromatic rings. The van der Waals surface area contributed by atoms with Crippen LogP contribution in [0.15, 0.2) is 54.6 Å². The van der Waals surface area contributed by atoms with Crippen LogP contribution in [0.5, 0.6) is 5.75 Å². The smallest absolute Gasteiger partial charge is 0.253 e. The summed E-state index contributed by atoms with van der Waals surface area (Å²) in [5.74, 6) is 0.882. The first-order chi connectivity index (χ1) is 15.9. The molecule has 0 radical (unpaired) electrons. The molecular formula is C26H32ClN3O3. The average Bonchev–Trinajstić information content (AvgIpc) is 2.84. The molecule has 2 aliphatic rings. The molecule has 0 spiro atoms. The first-order valence-electron chi connectivity index (χ1n) is 11.6. The molecule has 0 N–H and O–H groups in total. The molecule has 0 aromatic heterocycles. The van der Waals surface area contributed by atoms with Gasteiger partial charge in [-0.15, -0.1) is 0 Å². The number of carbonyl (C=O) groups is 2. The number of hydrogen-bond acceptors (Lipinski definition) is 4. The number of piperidine rings is 1. The van der Waals surface area contributed by atoms with Crippen LogP contribution < -0.4 is 4.74 Å². The lowest BCUT2D eigenvalue weighted by Gasteiger charge is -2.43. The zero-order valence-corrected chi connectivity index (χ0v) is 20.0. The molecule has 6 nitrogen and oxygen atoms in total. The second-order valence-electron chi connectivity index (χ2n) is 9.30. The third kappa shape index (κ3) is 6.06. The summed E-state index contributed by atoms with van der Waals surface area (Å²) in [6, 6.07) is 16.6. The summed E-state index contributed by atoms with van der Waals surface area (Å²) in [5.41, 5.74) is 0.250. The largest absolute Gasteiger partial charge is 0.493 e. The van der Waals surface area contributed by atoms with Gasteiger partial charge in [0.15, 0.2) is 0 Å². The van der Waals surface area contributed by atoms with Gasteiger partial charge in [0.25, 0.3) is 5.91 Å². The van der Waals surface area contributed by atoms with E-state index in [2.05, 4.69) is 11.9 Å². The molecular weight excluding hydrogens is 438 g/mol. The number of carbonyl (C=O) groups excluding carboxylic acids is 2. The molecule has 2 aromatic carbocycles. The third-order valence-corrected chi connectivity index (χ3v) is 6.96. The molecule has 0 bridgehead atoms. The van der Waals surface area contributed by atoms with Crippen LogP contribution >= 0.6 is 11.6 Å². The Kier molecular flexibility index (Phi) is 7.56. The number of nitrogens with zero attached hydrogens (tertiary/aromatic N) is 3. The number of halogens is 1. The van der Waals surface area contributed by atoms with Gasteiger partial charge in [0.05, 0.1) is 6.61 Å². The average molecular weight is 470 g/mol. The molecule has 1 atom stereocenters. The first kappa shape index (κ1) is 23.6. The lowest BCUT2D eigenvalue weighted by Crippen LogP contribution is -2.53. The number of amides is 2. The number of likely N-dealkylation sites (N-methyl/N-ethyl adjacent to an activating group) is 1. The highest BCUT2D eigenvalue weighted by molar-refractivity contribution is 6.30. The highest BCUT2D eigenvalue weighted by Crippen LogP contribution is 2.36. The number of rotatable bonds is 6. The van der Waals surface area contributed by atoms with Crippen LogP contribution in [0.2, 0.25) is 5.02 Å². The second-order valence-corrected chi connectivity index (χ2v) is 9.74. The van der Waals surface area contributed by atoms with Gasteiger partial charge in [-0.05, 0) is 56.3 Å². The molecule has 176 valence electrons. The van der Waals surface area contributed by atoms with Crippen molar-refractivity contribution in [2.24, 2.45) is 5.41 Å². The van der Waals surface area contributed by atoms with Crippen molar-refractivity contribution in [2.75, 3.05) is 52.9 Å². The first-order valence-corrected chi connectivity index (χ1v) is 12.0.